The number of halogens is 1. The number of hydrogen-bond acceptors (Lipinski definition) is 3. The SMILES string of the molecule is O=C(NCc1nc(-c2ccc(F)cc2)c[nH]1)OCc1ccccc1. The second kappa shape index (κ2) is 7.41. The molecule has 122 valence electrons. The minimum atomic E-state index is -0.515. The number of amides is 1. The molecule has 6 heteroatoms. The van der Waals surface area contributed by atoms with Crippen LogP contribution in [0.5, 0.6) is 0 Å². The normalized spacial score (nSPS) is 10.4. The van der Waals surface area contributed by atoms with Gasteiger partial charge in [-0.05, 0) is 29.8 Å². The Bertz CT molecular complexity index is 801. The lowest BCUT2D eigenvalue weighted by Crippen LogP contribution is -2.24. The number of nitrogens with one attached hydrogen (secondary N) is 2. The molecule has 3 rings (SSSR count). The number of alkyl carbamates (subject to hydrolysis) is 1. The van der Waals surface area contributed by atoms with Crippen molar-refractivity contribution >= 4 is 6.09 Å². The number of H-pyrrole nitrogens is 1. The topological polar surface area (TPSA) is 67.0 Å². The fraction of sp³-hybridized carbons (Fsp3) is 0.111. The third-order valence-electron chi connectivity index (χ3n) is 3.38. The zero-order chi connectivity index (χ0) is 16.8. The molecule has 0 spiro atoms. The van der Waals surface area contributed by atoms with Gasteiger partial charge in [-0.25, -0.2) is 14.2 Å². The van der Waals surface area contributed by atoms with E-state index in [1.54, 1.807) is 18.3 Å². The van der Waals surface area contributed by atoms with Crippen LogP contribution in [0.3, 0.4) is 0 Å². The predicted octanol–water partition coefficient (Wildman–Crippen LogP) is 3.64. The summed E-state index contributed by atoms with van der Waals surface area (Å²) in [6.07, 6.45) is 1.19. The molecule has 0 atom stereocenters. The molecule has 5 nitrogen and oxygen atoms in total. The quantitative estimate of drug-likeness (QED) is 0.752. The number of ether oxygens (including phenoxy) is 1. The molecule has 0 saturated heterocycles. The molecule has 24 heavy (non-hydrogen) atoms. The Balaban J connectivity index is 1.50. The second-order valence-electron chi connectivity index (χ2n) is 5.15. The van der Waals surface area contributed by atoms with E-state index in [9.17, 15) is 9.18 Å². The summed E-state index contributed by atoms with van der Waals surface area (Å²) in [5.41, 5.74) is 2.40. The van der Waals surface area contributed by atoms with Crippen molar-refractivity contribution in [1.29, 1.82) is 0 Å². The Hall–Kier alpha value is -3.15. The molecule has 2 N–H and O–H groups in total. The molecule has 0 unspecified atom stereocenters. The van der Waals surface area contributed by atoms with Gasteiger partial charge in [0, 0.05) is 11.8 Å². The van der Waals surface area contributed by atoms with Crippen molar-refractivity contribution in [2.24, 2.45) is 0 Å². The third-order valence-corrected chi connectivity index (χ3v) is 3.38. The van der Waals surface area contributed by atoms with Gasteiger partial charge in [0.2, 0.25) is 0 Å². The molecule has 0 aliphatic carbocycles. The van der Waals surface area contributed by atoms with E-state index in [2.05, 4.69) is 15.3 Å². The van der Waals surface area contributed by atoms with Crippen LogP contribution < -0.4 is 5.32 Å². The first-order chi connectivity index (χ1) is 11.7. The van der Waals surface area contributed by atoms with Gasteiger partial charge in [0.05, 0.1) is 12.2 Å². The molecule has 1 amide bonds. The molecule has 0 saturated carbocycles. The van der Waals surface area contributed by atoms with Crippen molar-refractivity contribution in [2.75, 3.05) is 0 Å². The Morgan fingerprint density at radius 3 is 2.62 bits per heavy atom. The van der Waals surface area contributed by atoms with Crippen molar-refractivity contribution in [3.63, 3.8) is 0 Å². The Labute approximate surface area is 138 Å². The molecule has 3 aromatic rings. The zero-order valence-corrected chi connectivity index (χ0v) is 12.8. The lowest BCUT2D eigenvalue weighted by molar-refractivity contribution is 0.139. The van der Waals surface area contributed by atoms with E-state index in [-0.39, 0.29) is 19.0 Å². The number of carbonyl (C=O) groups is 1. The predicted molar refractivity (Wildman–Crippen MR) is 87.4 cm³/mol. The molecule has 1 aromatic heterocycles. The first-order valence-corrected chi connectivity index (χ1v) is 7.45. The van der Waals surface area contributed by atoms with Crippen LogP contribution in [0.15, 0.2) is 60.8 Å². The fourth-order valence-corrected chi connectivity index (χ4v) is 2.15. The highest BCUT2D eigenvalue weighted by molar-refractivity contribution is 5.67. The van der Waals surface area contributed by atoms with E-state index >= 15 is 0 Å². The highest BCUT2D eigenvalue weighted by Crippen LogP contribution is 2.17. The Morgan fingerprint density at radius 1 is 1.12 bits per heavy atom. The summed E-state index contributed by atoms with van der Waals surface area (Å²) in [7, 11) is 0. The first-order valence-electron chi connectivity index (χ1n) is 7.45. The molecule has 0 aliphatic rings. The average molecular weight is 325 g/mol. The van der Waals surface area contributed by atoms with Gasteiger partial charge in [-0.2, -0.15) is 0 Å². The molecular weight excluding hydrogens is 309 g/mol. The summed E-state index contributed by atoms with van der Waals surface area (Å²) in [6, 6.07) is 15.5. The van der Waals surface area contributed by atoms with E-state index in [4.69, 9.17) is 4.74 Å². The number of aromatic amines is 1. The molecule has 0 aliphatic heterocycles. The maximum absolute atomic E-state index is 12.9. The second-order valence-corrected chi connectivity index (χ2v) is 5.15. The van der Waals surface area contributed by atoms with Crippen molar-refractivity contribution in [2.45, 2.75) is 13.2 Å². The standard InChI is InChI=1S/C18H16FN3O2/c19-15-8-6-14(7-9-15)16-10-20-17(22-16)11-21-18(23)24-12-13-4-2-1-3-5-13/h1-10H,11-12H2,(H,20,22)(H,21,23). The van der Waals surface area contributed by atoms with Crippen molar-refractivity contribution < 1.29 is 13.9 Å². The number of imidazole rings is 1. The van der Waals surface area contributed by atoms with Crippen molar-refractivity contribution in [1.82, 2.24) is 15.3 Å². The summed E-state index contributed by atoms with van der Waals surface area (Å²) >= 11 is 0. The Kier molecular flexibility index (Phi) is 4.86. The fourth-order valence-electron chi connectivity index (χ4n) is 2.15. The number of aromatic nitrogens is 2. The summed E-state index contributed by atoms with van der Waals surface area (Å²) in [5.74, 6) is 0.295. The summed E-state index contributed by atoms with van der Waals surface area (Å²) < 4.78 is 18.0. The van der Waals surface area contributed by atoms with Crippen LogP contribution in [0, 0.1) is 5.82 Å². The average Bonchev–Trinajstić information content (AvgIpc) is 3.09. The first kappa shape index (κ1) is 15.7. The molecule has 2 aromatic carbocycles. The Morgan fingerprint density at radius 2 is 1.88 bits per heavy atom. The van der Waals surface area contributed by atoms with Crippen molar-refractivity contribution in [3.05, 3.63) is 78.0 Å². The van der Waals surface area contributed by atoms with E-state index in [0.717, 1.165) is 11.1 Å². The third kappa shape index (κ3) is 4.19. The molecule has 0 radical (unpaired) electrons. The van der Waals surface area contributed by atoms with Crippen LogP contribution in [-0.2, 0) is 17.9 Å². The van der Waals surface area contributed by atoms with Crippen LogP contribution in [0.1, 0.15) is 11.4 Å². The van der Waals surface area contributed by atoms with E-state index in [0.29, 0.717) is 11.5 Å². The highest BCUT2D eigenvalue weighted by Gasteiger charge is 2.07. The summed E-state index contributed by atoms with van der Waals surface area (Å²) in [6.45, 7) is 0.431. The van der Waals surface area contributed by atoms with Crippen LogP contribution >= 0.6 is 0 Å². The molecule has 0 fully saturated rings. The van der Waals surface area contributed by atoms with Gasteiger partial charge in [0.15, 0.2) is 0 Å². The van der Waals surface area contributed by atoms with E-state index < -0.39 is 6.09 Å². The molecule has 1 heterocycles. The summed E-state index contributed by atoms with van der Waals surface area (Å²) in [4.78, 5) is 19.0. The number of nitrogens with zero attached hydrogens (tertiary/aromatic N) is 1. The van der Waals surface area contributed by atoms with Crippen LogP contribution in [-0.4, -0.2) is 16.1 Å². The van der Waals surface area contributed by atoms with Crippen LogP contribution in [0.25, 0.3) is 11.3 Å². The maximum atomic E-state index is 12.9. The molecule has 0 bridgehead atoms. The van der Waals surface area contributed by atoms with Gasteiger partial charge in [-0.3, -0.25) is 0 Å². The van der Waals surface area contributed by atoms with E-state index in [1.807, 2.05) is 30.3 Å². The number of benzene rings is 2. The minimum Gasteiger partial charge on any atom is -0.445 e. The summed E-state index contributed by atoms with van der Waals surface area (Å²) in [5, 5.41) is 2.63. The van der Waals surface area contributed by atoms with Crippen LogP contribution in [0.4, 0.5) is 9.18 Å². The van der Waals surface area contributed by atoms with Gasteiger partial charge >= 0.3 is 6.09 Å². The number of carbonyl (C=O) groups excluding carboxylic acids is 1. The van der Waals surface area contributed by atoms with Crippen molar-refractivity contribution in [3.8, 4) is 11.3 Å². The van der Waals surface area contributed by atoms with Crippen LogP contribution in [0.2, 0.25) is 0 Å². The lowest BCUT2D eigenvalue weighted by atomic mass is 10.2. The minimum absolute atomic E-state index is 0.214. The van der Waals surface area contributed by atoms with Gasteiger partial charge < -0.3 is 15.0 Å². The van der Waals surface area contributed by atoms with Gasteiger partial charge in [0.1, 0.15) is 18.2 Å². The zero-order valence-electron chi connectivity index (χ0n) is 12.8. The highest BCUT2D eigenvalue weighted by atomic mass is 19.1. The van der Waals surface area contributed by atoms with Gasteiger partial charge in [0.25, 0.3) is 0 Å². The monoisotopic (exact) mass is 325 g/mol. The molecular formula is C18H16FN3O2. The maximum Gasteiger partial charge on any atom is 0.407 e. The largest absolute Gasteiger partial charge is 0.445 e. The number of rotatable bonds is 5. The lowest BCUT2D eigenvalue weighted by Gasteiger charge is -2.05. The smallest absolute Gasteiger partial charge is 0.407 e. The van der Waals surface area contributed by atoms with Gasteiger partial charge in [-0.15, -0.1) is 0 Å². The van der Waals surface area contributed by atoms with E-state index in [1.165, 1.54) is 12.1 Å². The number of hydrogen-bond donors (Lipinski definition) is 2. The van der Waals surface area contributed by atoms with Gasteiger partial charge in [-0.1, -0.05) is 30.3 Å².